The van der Waals surface area contributed by atoms with Crippen molar-refractivity contribution < 1.29 is 39.7 Å². The van der Waals surface area contributed by atoms with Crippen molar-refractivity contribution in [3.05, 3.63) is 71.8 Å². The smallest absolute Gasteiger partial charge is 0.358 e. The van der Waals surface area contributed by atoms with Gasteiger partial charge in [-0.05, 0) is 68.0 Å². The molecule has 2 aromatic rings. The highest BCUT2D eigenvalue weighted by Crippen LogP contribution is 2.48. The van der Waals surface area contributed by atoms with Crippen LogP contribution in [0.1, 0.15) is 24.0 Å². The maximum Gasteiger partial charge on any atom is 0.358 e. The number of hydrogen-bond donors (Lipinski definition) is 0. The molecule has 3 aliphatic rings. The number of nitrogens with zero attached hydrogens (tertiary/aromatic N) is 3. The van der Waals surface area contributed by atoms with E-state index in [2.05, 4.69) is 19.7 Å². The lowest BCUT2D eigenvalue weighted by Crippen LogP contribution is -2.33. The highest BCUT2D eigenvalue weighted by molar-refractivity contribution is 7.86. The number of aryl methyl sites for hydroxylation is 1. The van der Waals surface area contributed by atoms with E-state index < -0.39 is 33.3 Å². The van der Waals surface area contributed by atoms with Crippen molar-refractivity contribution in [3.8, 4) is 11.8 Å². The van der Waals surface area contributed by atoms with Crippen LogP contribution in [0.15, 0.2) is 70.7 Å². The van der Waals surface area contributed by atoms with E-state index >= 15 is 0 Å². The van der Waals surface area contributed by atoms with Crippen molar-refractivity contribution in [2.75, 3.05) is 14.2 Å². The van der Waals surface area contributed by atoms with Gasteiger partial charge in [0.2, 0.25) is 0 Å². The van der Waals surface area contributed by atoms with Crippen molar-refractivity contribution in [1.29, 1.82) is 5.26 Å². The molecule has 2 aromatic carbocycles. The van der Waals surface area contributed by atoms with Crippen LogP contribution in [0.4, 0.5) is 0 Å². The topological polar surface area (TPSA) is 162 Å². The van der Waals surface area contributed by atoms with E-state index in [9.17, 15) is 22.2 Å². The predicted octanol–water partition coefficient (Wildman–Crippen LogP) is 2.98. The summed E-state index contributed by atoms with van der Waals surface area (Å²) in [6, 6.07) is 14.4. The van der Waals surface area contributed by atoms with E-state index in [1.165, 1.54) is 26.4 Å². The Labute approximate surface area is 240 Å². The minimum absolute atomic E-state index is 0.0288. The molecule has 2 bridgehead atoms. The second-order valence-electron chi connectivity index (χ2n) is 9.45. The number of carbonyl (C=O) groups excluding carboxylic acids is 2. The van der Waals surface area contributed by atoms with E-state index in [-0.39, 0.29) is 28.4 Å². The van der Waals surface area contributed by atoms with Crippen molar-refractivity contribution in [2.24, 2.45) is 28.8 Å². The third kappa shape index (κ3) is 6.71. The summed E-state index contributed by atoms with van der Waals surface area (Å²) in [6.07, 6.45) is 5.68. The van der Waals surface area contributed by atoms with Gasteiger partial charge in [-0.25, -0.2) is 0 Å². The van der Waals surface area contributed by atoms with Gasteiger partial charge >= 0.3 is 21.5 Å². The number of allylic oxidation sites excluding steroid dienone is 2. The normalized spacial score (nSPS) is 23.8. The zero-order valence-corrected chi connectivity index (χ0v) is 24.0. The first-order chi connectivity index (χ1) is 19.6. The number of fused-ring (bicyclic) bond motifs is 4. The van der Waals surface area contributed by atoms with Crippen LogP contribution in [-0.4, -0.2) is 49.4 Å². The van der Waals surface area contributed by atoms with Gasteiger partial charge in [-0.15, -0.1) is 9.35 Å². The molecule has 1 saturated carbocycles. The fraction of sp³-hybridized carbons (Fsp3) is 0.333. The van der Waals surface area contributed by atoms with Gasteiger partial charge in [-0.3, -0.25) is 18.1 Å². The van der Waals surface area contributed by atoms with Crippen LogP contribution < -0.4 is 4.74 Å². The van der Waals surface area contributed by atoms with Crippen LogP contribution in [0.3, 0.4) is 0 Å². The summed E-state index contributed by atoms with van der Waals surface area (Å²) >= 11 is -2.11. The highest BCUT2D eigenvalue weighted by atomic mass is 32.2. The van der Waals surface area contributed by atoms with Gasteiger partial charge in [0, 0.05) is 5.56 Å². The molecule has 5 unspecified atom stereocenters. The maximum atomic E-state index is 12.1. The molecule has 0 aromatic heterocycles. The molecule has 5 atom stereocenters. The second kappa shape index (κ2) is 12.7. The fourth-order valence-electron chi connectivity index (χ4n) is 4.91. The number of amides is 2. The van der Waals surface area contributed by atoms with Gasteiger partial charge in [0.1, 0.15) is 16.7 Å². The number of benzene rings is 2. The summed E-state index contributed by atoms with van der Waals surface area (Å²) in [6.45, 7) is 1.84. The lowest BCUT2D eigenvalue weighted by molar-refractivity contribution is -0.166. The van der Waals surface area contributed by atoms with Gasteiger partial charge in [0.15, 0.2) is 5.71 Å². The number of rotatable bonds is 8. The molecule has 5 rings (SSSR count). The zero-order chi connectivity index (χ0) is 29.7. The van der Waals surface area contributed by atoms with Crippen LogP contribution in [0.5, 0.6) is 5.75 Å². The highest BCUT2D eigenvalue weighted by Gasteiger charge is 2.56. The summed E-state index contributed by atoms with van der Waals surface area (Å²) in [5.41, 5.74) is 1.19. The van der Waals surface area contributed by atoms with Crippen molar-refractivity contribution in [3.63, 3.8) is 0 Å². The molecule has 216 valence electrons. The first-order valence-electron chi connectivity index (χ1n) is 12.4. The molecule has 2 amide bonds. The fourth-order valence-corrected chi connectivity index (χ4v) is 5.97. The molecule has 2 fully saturated rings. The summed E-state index contributed by atoms with van der Waals surface area (Å²) < 4.78 is 54.0. The third-order valence-electron chi connectivity index (χ3n) is 6.94. The number of nitriles is 1. The molecule has 1 heterocycles. The molecule has 1 aliphatic heterocycles. The molecule has 12 nitrogen and oxygen atoms in total. The number of hydrogen-bond acceptors (Lipinski definition) is 11. The first kappa shape index (κ1) is 30.1. The van der Waals surface area contributed by atoms with E-state index in [1.807, 2.05) is 19.1 Å². The van der Waals surface area contributed by atoms with Crippen LogP contribution in [-0.2, 0) is 43.8 Å². The van der Waals surface area contributed by atoms with E-state index in [0.717, 1.165) is 12.0 Å². The summed E-state index contributed by atoms with van der Waals surface area (Å²) in [5, 5.41) is 13.2. The van der Waals surface area contributed by atoms with Crippen molar-refractivity contribution in [1.82, 2.24) is 5.06 Å². The SMILES string of the molecule is COS(=O)ON1C(=O)C2CC3C=CC(C3)C2C1=O.COc1ccc(/C(C#N)=N\OS(=O)(=O)c2ccc(C)cc2)cc1. The lowest BCUT2D eigenvalue weighted by atomic mass is 9.73. The molecule has 2 aliphatic carbocycles. The molecule has 0 N–H and O–H groups in total. The number of methoxy groups -OCH3 is 1. The molecule has 41 heavy (non-hydrogen) atoms. The van der Waals surface area contributed by atoms with E-state index in [0.29, 0.717) is 28.7 Å². The number of ether oxygens (including phenoxy) is 1. The average Bonchev–Trinajstić information content (AvgIpc) is 3.46. The standard InChI is InChI=1S/C16H14N2O4S.C11H13NO5S/c1-12-3-9-15(10-4-12)23(19,20)22-18-16(11-17)13-5-7-14(21-2)8-6-13;1-16-18(15)17-12-10(13)8-5-6-2-3-7(4-6)9(8)11(12)14/h3-10H,1-2H3;2-3,6-9H,4-5H2,1H3/b18-16-;. The Morgan fingerprint density at radius 1 is 1.02 bits per heavy atom. The maximum absolute atomic E-state index is 12.1. The van der Waals surface area contributed by atoms with Gasteiger partial charge in [-0.1, -0.05) is 35.0 Å². The van der Waals surface area contributed by atoms with Crippen LogP contribution in [0.2, 0.25) is 0 Å². The Bertz CT molecular complexity index is 1530. The first-order valence-corrected chi connectivity index (χ1v) is 14.8. The monoisotopic (exact) mass is 601 g/mol. The number of hydroxylamine groups is 2. The minimum Gasteiger partial charge on any atom is -0.497 e. The van der Waals surface area contributed by atoms with Gasteiger partial charge < -0.3 is 4.74 Å². The number of carbonyl (C=O) groups is 2. The van der Waals surface area contributed by atoms with E-state index in [1.54, 1.807) is 36.4 Å². The summed E-state index contributed by atoms with van der Waals surface area (Å²) in [4.78, 5) is 24.2. The molecular formula is C27H27N3O9S2. The Kier molecular flexibility index (Phi) is 9.34. The largest absolute Gasteiger partial charge is 0.497 e. The zero-order valence-electron chi connectivity index (χ0n) is 22.3. The van der Waals surface area contributed by atoms with Gasteiger partial charge in [0.25, 0.3) is 11.8 Å². The molecule has 0 radical (unpaired) electrons. The van der Waals surface area contributed by atoms with Crippen molar-refractivity contribution in [2.45, 2.75) is 24.7 Å². The molecule has 1 saturated heterocycles. The van der Waals surface area contributed by atoms with Crippen LogP contribution >= 0.6 is 0 Å². The molecule has 0 spiro atoms. The lowest BCUT2D eigenvalue weighted by Gasteiger charge is -2.27. The Morgan fingerprint density at radius 3 is 2.32 bits per heavy atom. The minimum atomic E-state index is -4.07. The predicted molar refractivity (Wildman–Crippen MR) is 145 cm³/mol. The quantitative estimate of drug-likeness (QED) is 0.190. The molecule has 14 heteroatoms. The van der Waals surface area contributed by atoms with Gasteiger partial charge in [-0.2, -0.15) is 17.9 Å². The summed E-state index contributed by atoms with van der Waals surface area (Å²) in [7, 11) is -1.37. The van der Waals surface area contributed by atoms with Crippen LogP contribution in [0.25, 0.3) is 0 Å². The van der Waals surface area contributed by atoms with Gasteiger partial charge in [0.05, 0.1) is 26.1 Å². The number of oxime groups is 1. The average molecular weight is 602 g/mol. The third-order valence-corrected chi connectivity index (χ3v) is 8.60. The second-order valence-corrected chi connectivity index (χ2v) is 11.9. The van der Waals surface area contributed by atoms with Crippen molar-refractivity contribution >= 4 is 39.0 Å². The number of imide groups is 1. The Hall–Kier alpha value is -3.90. The Morgan fingerprint density at radius 2 is 1.71 bits per heavy atom. The van der Waals surface area contributed by atoms with E-state index in [4.69, 9.17) is 14.3 Å². The Balaban J connectivity index is 0.000000194. The van der Waals surface area contributed by atoms with Crippen LogP contribution in [0, 0.1) is 41.9 Å². The molecular weight excluding hydrogens is 574 g/mol. The summed E-state index contributed by atoms with van der Waals surface area (Å²) in [5.74, 6) is -0.402.